The number of rotatable bonds is 0. The van der Waals surface area contributed by atoms with Crippen molar-refractivity contribution in [3.05, 3.63) is 96.2 Å². The SMILES string of the molecule is C=C1CC1.C=C1CCC1.C=C1CCCCC1.C=C1CCCCCC1.C=C1Cc2ccccc2C1. The fraction of sp³-hybridized carbons (Fsp3) is 0.529. The highest BCUT2D eigenvalue weighted by Gasteiger charge is 2.11. The molecule has 186 valence electrons. The third kappa shape index (κ3) is 13.6. The summed E-state index contributed by atoms with van der Waals surface area (Å²) in [5, 5.41) is 0. The maximum atomic E-state index is 3.97. The molecular formula is C34H50. The molecule has 0 atom stereocenters. The summed E-state index contributed by atoms with van der Waals surface area (Å²) in [6.07, 6.45) is 23.7. The van der Waals surface area contributed by atoms with Gasteiger partial charge >= 0.3 is 0 Å². The zero-order chi connectivity index (χ0) is 24.6. The van der Waals surface area contributed by atoms with Crippen molar-refractivity contribution in [2.75, 3.05) is 0 Å². The van der Waals surface area contributed by atoms with E-state index < -0.39 is 0 Å². The molecule has 0 heterocycles. The van der Waals surface area contributed by atoms with E-state index in [1.807, 2.05) is 0 Å². The maximum Gasteiger partial charge on any atom is -0.00636 e. The van der Waals surface area contributed by atoms with Gasteiger partial charge in [0.2, 0.25) is 0 Å². The molecule has 0 nitrogen and oxygen atoms in total. The van der Waals surface area contributed by atoms with Gasteiger partial charge in [0.05, 0.1) is 0 Å². The highest BCUT2D eigenvalue weighted by atomic mass is 14.2. The molecule has 1 aromatic rings. The van der Waals surface area contributed by atoms with Crippen molar-refractivity contribution in [2.45, 2.75) is 116 Å². The monoisotopic (exact) mass is 458 g/mol. The van der Waals surface area contributed by atoms with Crippen LogP contribution in [0.25, 0.3) is 0 Å². The quantitative estimate of drug-likeness (QED) is 0.268. The highest BCUT2D eigenvalue weighted by Crippen LogP contribution is 2.25. The summed E-state index contributed by atoms with van der Waals surface area (Å²) in [5.74, 6) is 0. The second kappa shape index (κ2) is 16.5. The van der Waals surface area contributed by atoms with E-state index in [-0.39, 0.29) is 0 Å². The van der Waals surface area contributed by atoms with Crippen molar-refractivity contribution in [3.8, 4) is 0 Å². The Morgan fingerprint density at radius 3 is 0.971 bits per heavy atom. The van der Waals surface area contributed by atoms with Gasteiger partial charge in [-0.15, -0.1) is 0 Å². The van der Waals surface area contributed by atoms with Crippen LogP contribution < -0.4 is 0 Å². The summed E-state index contributed by atoms with van der Waals surface area (Å²) in [4.78, 5) is 0. The van der Waals surface area contributed by atoms with Gasteiger partial charge in [-0.05, 0) is 107 Å². The van der Waals surface area contributed by atoms with Crippen LogP contribution in [0, 0.1) is 0 Å². The Morgan fingerprint density at radius 2 is 0.676 bits per heavy atom. The Hall–Kier alpha value is -2.08. The molecule has 34 heavy (non-hydrogen) atoms. The van der Waals surface area contributed by atoms with Gasteiger partial charge < -0.3 is 0 Å². The van der Waals surface area contributed by atoms with Gasteiger partial charge in [-0.3, -0.25) is 0 Å². The van der Waals surface area contributed by atoms with Crippen molar-refractivity contribution in [3.63, 3.8) is 0 Å². The lowest BCUT2D eigenvalue weighted by atomic mass is 9.95. The van der Waals surface area contributed by atoms with E-state index in [2.05, 4.69) is 57.2 Å². The smallest absolute Gasteiger partial charge is 0.00636 e. The average Bonchev–Trinajstić information content (AvgIpc) is 3.56. The lowest BCUT2D eigenvalue weighted by molar-refractivity contribution is 0.601. The summed E-state index contributed by atoms with van der Waals surface area (Å²) in [6, 6.07) is 8.57. The van der Waals surface area contributed by atoms with Crippen LogP contribution in [0.1, 0.15) is 114 Å². The van der Waals surface area contributed by atoms with E-state index in [0.717, 1.165) is 12.8 Å². The Balaban J connectivity index is 0.000000155. The molecule has 0 aliphatic heterocycles. The fourth-order valence-electron chi connectivity index (χ4n) is 4.30. The second-order valence-corrected chi connectivity index (χ2v) is 10.7. The van der Waals surface area contributed by atoms with Crippen molar-refractivity contribution >= 4 is 0 Å². The number of allylic oxidation sites excluding steroid dienone is 5. The number of hydrogen-bond acceptors (Lipinski definition) is 0. The standard InChI is InChI=1S/C10H10.C8H14.C7H12.C5H8.C4H6/c1-8-6-9-4-2-3-5-10(9)7-8;1-8-6-4-2-3-5-7-8;1-7-5-3-2-4-6-7;1-5-3-2-4-5;1-4-2-3-4/h2-5H,1,6-7H2;1-7H2;1-6H2;1-4H2;1-3H2. The van der Waals surface area contributed by atoms with Gasteiger partial charge in [0.25, 0.3) is 0 Å². The van der Waals surface area contributed by atoms with E-state index in [1.165, 1.54) is 142 Å². The molecule has 4 fully saturated rings. The normalized spacial score (nSPS) is 20.3. The van der Waals surface area contributed by atoms with Crippen LogP contribution in [0.4, 0.5) is 0 Å². The number of fused-ring (bicyclic) bond motifs is 1. The predicted molar refractivity (Wildman–Crippen MR) is 153 cm³/mol. The Labute approximate surface area is 211 Å². The maximum absolute atomic E-state index is 3.97. The highest BCUT2D eigenvalue weighted by molar-refractivity contribution is 5.39. The predicted octanol–water partition coefficient (Wildman–Crippen LogP) is 10.8. The Kier molecular flexibility index (Phi) is 13.7. The summed E-state index contributed by atoms with van der Waals surface area (Å²) >= 11 is 0. The average molecular weight is 459 g/mol. The third-order valence-electron chi connectivity index (χ3n) is 7.03. The van der Waals surface area contributed by atoms with E-state index in [9.17, 15) is 0 Å². The van der Waals surface area contributed by atoms with Crippen LogP contribution >= 0.6 is 0 Å². The molecule has 1 aromatic carbocycles. The third-order valence-corrected chi connectivity index (χ3v) is 7.03. The molecule has 5 aliphatic carbocycles. The molecule has 0 heteroatoms. The van der Waals surface area contributed by atoms with Crippen LogP contribution in [0.5, 0.6) is 0 Å². The summed E-state index contributed by atoms with van der Waals surface area (Å²) in [7, 11) is 0. The van der Waals surface area contributed by atoms with E-state index in [1.54, 1.807) is 0 Å². The molecule has 0 radical (unpaired) electrons. The van der Waals surface area contributed by atoms with Gasteiger partial charge in [0.15, 0.2) is 0 Å². The molecule has 0 spiro atoms. The summed E-state index contributed by atoms with van der Waals surface area (Å²) in [5.41, 5.74) is 10.1. The lowest BCUT2D eigenvalue weighted by Crippen LogP contribution is -1.92. The molecule has 6 rings (SSSR count). The van der Waals surface area contributed by atoms with Gasteiger partial charge in [-0.2, -0.15) is 0 Å². The minimum Gasteiger partial charge on any atom is -0.0999 e. The first kappa shape index (κ1) is 28.2. The summed E-state index contributed by atoms with van der Waals surface area (Å²) < 4.78 is 0. The number of benzene rings is 1. The molecule has 0 N–H and O–H groups in total. The van der Waals surface area contributed by atoms with Gasteiger partial charge in [0, 0.05) is 0 Å². The first-order chi connectivity index (χ1) is 16.4. The van der Waals surface area contributed by atoms with Crippen LogP contribution in [0.2, 0.25) is 0 Å². The van der Waals surface area contributed by atoms with Crippen molar-refractivity contribution in [2.24, 2.45) is 0 Å². The minimum absolute atomic E-state index is 1.09. The molecule has 0 unspecified atom stereocenters. The van der Waals surface area contributed by atoms with Gasteiger partial charge in [-0.1, -0.05) is 104 Å². The van der Waals surface area contributed by atoms with E-state index in [4.69, 9.17) is 0 Å². The largest absolute Gasteiger partial charge is 0.0999 e. The van der Waals surface area contributed by atoms with Crippen molar-refractivity contribution in [1.29, 1.82) is 0 Å². The first-order valence-corrected chi connectivity index (χ1v) is 13.8. The zero-order valence-electron chi connectivity index (χ0n) is 22.1. The van der Waals surface area contributed by atoms with E-state index >= 15 is 0 Å². The molecule has 0 amide bonds. The molecular weight excluding hydrogens is 408 g/mol. The topological polar surface area (TPSA) is 0 Å². The Bertz CT molecular complexity index is 761. The fourth-order valence-corrected chi connectivity index (χ4v) is 4.30. The molecule has 5 aliphatic rings. The van der Waals surface area contributed by atoms with Crippen LogP contribution in [-0.4, -0.2) is 0 Å². The van der Waals surface area contributed by atoms with Gasteiger partial charge in [-0.25, -0.2) is 0 Å². The minimum atomic E-state index is 1.09. The Morgan fingerprint density at radius 1 is 0.353 bits per heavy atom. The van der Waals surface area contributed by atoms with Crippen LogP contribution in [-0.2, 0) is 12.8 Å². The first-order valence-electron chi connectivity index (χ1n) is 13.8. The van der Waals surface area contributed by atoms with Crippen LogP contribution in [0.3, 0.4) is 0 Å². The van der Waals surface area contributed by atoms with E-state index in [0.29, 0.717) is 0 Å². The molecule has 0 aromatic heterocycles. The zero-order valence-corrected chi connectivity index (χ0v) is 22.1. The molecule has 0 bridgehead atoms. The van der Waals surface area contributed by atoms with Crippen molar-refractivity contribution in [1.82, 2.24) is 0 Å². The lowest BCUT2D eigenvalue weighted by Gasteiger charge is -2.11. The molecule has 0 saturated heterocycles. The van der Waals surface area contributed by atoms with Crippen LogP contribution in [0.15, 0.2) is 85.0 Å². The summed E-state index contributed by atoms with van der Waals surface area (Å²) in [6.45, 7) is 19.3. The second-order valence-electron chi connectivity index (χ2n) is 10.7. The molecule has 4 saturated carbocycles. The van der Waals surface area contributed by atoms with Crippen molar-refractivity contribution < 1.29 is 0 Å². The van der Waals surface area contributed by atoms with Gasteiger partial charge in [0.1, 0.15) is 0 Å². The number of hydrogen-bond donors (Lipinski definition) is 0.